The van der Waals surface area contributed by atoms with Crippen LogP contribution in [0.3, 0.4) is 0 Å². The molecule has 0 fully saturated rings. The van der Waals surface area contributed by atoms with Crippen LogP contribution < -0.4 is 5.32 Å². The average Bonchev–Trinajstić information content (AvgIpc) is 2.89. The van der Waals surface area contributed by atoms with E-state index in [1.807, 2.05) is 42.6 Å². The van der Waals surface area contributed by atoms with Gasteiger partial charge in [0, 0.05) is 29.0 Å². The summed E-state index contributed by atoms with van der Waals surface area (Å²) in [5, 5.41) is 4.37. The van der Waals surface area contributed by atoms with Gasteiger partial charge in [0.25, 0.3) is 0 Å². The minimum absolute atomic E-state index is 0.0727. The molecule has 0 aliphatic rings. The highest BCUT2D eigenvalue weighted by molar-refractivity contribution is 5.95. The molecule has 0 atom stereocenters. The van der Waals surface area contributed by atoms with Crippen molar-refractivity contribution in [3.05, 3.63) is 54.4 Å². The number of aromatic nitrogens is 2. The number of carbonyl (C=O) groups excluding carboxylic acids is 1. The molecule has 4 heteroatoms. The second-order valence-electron chi connectivity index (χ2n) is 4.36. The molecular weight excluding hydrogens is 238 g/mol. The van der Waals surface area contributed by atoms with Crippen LogP contribution in [0.2, 0.25) is 0 Å². The molecule has 94 valence electrons. The molecular formula is C15H13N3O. The number of hydrogen-bond acceptors (Lipinski definition) is 3. The fraction of sp³-hybridized carbons (Fsp3) is 0.0667. The van der Waals surface area contributed by atoms with Crippen LogP contribution in [0.5, 0.6) is 0 Å². The molecule has 2 aromatic heterocycles. The molecule has 0 aliphatic heterocycles. The number of ketones is 1. The van der Waals surface area contributed by atoms with Crippen LogP contribution in [0.1, 0.15) is 17.3 Å². The van der Waals surface area contributed by atoms with Gasteiger partial charge in [-0.05, 0) is 43.3 Å². The van der Waals surface area contributed by atoms with Gasteiger partial charge in [0.15, 0.2) is 5.78 Å². The Balaban J connectivity index is 1.92. The second-order valence-corrected chi connectivity index (χ2v) is 4.36. The number of rotatable bonds is 3. The highest BCUT2D eigenvalue weighted by atomic mass is 16.1. The summed E-state index contributed by atoms with van der Waals surface area (Å²) in [4.78, 5) is 18.5. The molecule has 0 amide bonds. The zero-order valence-corrected chi connectivity index (χ0v) is 10.5. The van der Waals surface area contributed by atoms with Crippen molar-refractivity contribution in [3.63, 3.8) is 0 Å². The summed E-state index contributed by atoms with van der Waals surface area (Å²) in [5.74, 6) is 0.0727. The van der Waals surface area contributed by atoms with Crippen LogP contribution in [0.25, 0.3) is 11.0 Å². The number of nitrogens with one attached hydrogen (secondary N) is 2. The highest BCUT2D eigenvalue weighted by Gasteiger charge is 2.03. The third-order valence-corrected chi connectivity index (χ3v) is 3.03. The largest absolute Gasteiger partial charge is 0.355 e. The summed E-state index contributed by atoms with van der Waals surface area (Å²) in [6, 6.07) is 11.3. The molecule has 3 rings (SSSR count). The van der Waals surface area contributed by atoms with Gasteiger partial charge in [-0.1, -0.05) is 0 Å². The molecule has 1 aromatic carbocycles. The van der Waals surface area contributed by atoms with Gasteiger partial charge < -0.3 is 10.3 Å². The van der Waals surface area contributed by atoms with Crippen LogP contribution in [-0.4, -0.2) is 15.8 Å². The first-order valence-corrected chi connectivity index (χ1v) is 6.04. The highest BCUT2D eigenvalue weighted by Crippen LogP contribution is 2.24. The lowest BCUT2D eigenvalue weighted by molar-refractivity contribution is 0.101. The first kappa shape index (κ1) is 11.5. The Kier molecular flexibility index (Phi) is 2.76. The van der Waals surface area contributed by atoms with Crippen molar-refractivity contribution in [2.75, 3.05) is 5.32 Å². The van der Waals surface area contributed by atoms with Crippen molar-refractivity contribution in [2.45, 2.75) is 6.92 Å². The Morgan fingerprint density at radius 3 is 2.68 bits per heavy atom. The van der Waals surface area contributed by atoms with E-state index in [4.69, 9.17) is 0 Å². The molecule has 0 saturated carbocycles. The number of anilines is 2. The Morgan fingerprint density at radius 2 is 1.95 bits per heavy atom. The standard InChI is InChI=1S/C15H13N3O/c1-10(19)11-2-4-12(5-3-11)18-14-7-9-17-15-13(14)6-8-16-15/h2-9H,1H3,(H2,16,17,18). The molecule has 0 saturated heterocycles. The first-order valence-electron chi connectivity index (χ1n) is 6.04. The lowest BCUT2D eigenvalue weighted by Crippen LogP contribution is -1.94. The lowest BCUT2D eigenvalue weighted by atomic mass is 10.1. The van der Waals surface area contributed by atoms with Gasteiger partial charge in [0.05, 0.1) is 5.69 Å². The number of pyridine rings is 1. The van der Waals surface area contributed by atoms with E-state index in [-0.39, 0.29) is 5.78 Å². The number of nitrogens with zero attached hydrogens (tertiary/aromatic N) is 1. The summed E-state index contributed by atoms with van der Waals surface area (Å²) in [6.07, 6.45) is 3.62. The predicted octanol–water partition coefficient (Wildman–Crippen LogP) is 3.51. The van der Waals surface area contributed by atoms with Crippen LogP contribution >= 0.6 is 0 Å². The minimum Gasteiger partial charge on any atom is -0.355 e. The maximum absolute atomic E-state index is 11.2. The number of Topliss-reactive ketones (excluding diaryl/α,β-unsaturated/α-hetero) is 1. The van der Waals surface area contributed by atoms with Crippen LogP contribution in [0, 0.1) is 0 Å². The van der Waals surface area contributed by atoms with E-state index < -0.39 is 0 Å². The molecule has 4 nitrogen and oxygen atoms in total. The van der Waals surface area contributed by atoms with Crippen molar-refractivity contribution in [2.24, 2.45) is 0 Å². The fourth-order valence-corrected chi connectivity index (χ4v) is 2.01. The van der Waals surface area contributed by atoms with E-state index >= 15 is 0 Å². The van der Waals surface area contributed by atoms with E-state index in [1.54, 1.807) is 13.1 Å². The topological polar surface area (TPSA) is 57.8 Å². The Morgan fingerprint density at radius 1 is 1.16 bits per heavy atom. The van der Waals surface area contributed by atoms with Gasteiger partial charge >= 0.3 is 0 Å². The number of hydrogen-bond donors (Lipinski definition) is 2. The van der Waals surface area contributed by atoms with E-state index in [2.05, 4.69) is 15.3 Å². The summed E-state index contributed by atoms with van der Waals surface area (Å²) >= 11 is 0. The maximum Gasteiger partial charge on any atom is 0.159 e. The summed E-state index contributed by atoms with van der Waals surface area (Å²) in [7, 11) is 0. The van der Waals surface area contributed by atoms with Gasteiger partial charge in [-0.3, -0.25) is 4.79 Å². The molecule has 0 spiro atoms. The average molecular weight is 251 g/mol. The van der Waals surface area contributed by atoms with E-state index in [0.29, 0.717) is 5.56 Å². The van der Waals surface area contributed by atoms with Crippen LogP contribution in [0.15, 0.2) is 48.8 Å². The molecule has 0 bridgehead atoms. The Bertz CT molecular complexity index is 728. The Labute approximate surface area is 110 Å². The second kappa shape index (κ2) is 4.57. The van der Waals surface area contributed by atoms with Crippen molar-refractivity contribution in [1.29, 1.82) is 0 Å². The van der Waals surface area contributed by atoms with Crippen LogP contribution in [-0.2, 0) is 0 Å². The predicted molar refractivity (Wildman–Crippen MR) is 75.8 cm³/mol. The molecule has 19 heavy (non-hydrogen) atoms. The van der Waals surface area contributed by atoms with Gasteiger partial charge in [-0.15, -0.1) is 0 Å². The summed E-state index contributed by atoms with van der Waals surface area (Å²) < 4.78 is 0. The van der Waals surface area contributed by atoms with E-state index in [1.165, 1.54) is 0 Å². The zero-order chi connectivity index (χ0) is 13.2. The van der Waals surface area contributed by atoms with E-state index in [9.17, 15) is 4.79 Å². The molecule has 2 heterocycles. The van der Waals surface area contributed by atoms with Crippen molar-refractivity contribution in [1.82, 2.24) is 9.97 Å². The van der Waals surface area contributed by atoms with Crippen molar-refractivity contribution >= 4 is 28.2 Å². The number of carbonyl (C=O) groups is 1. The quantitative estimate of drug-likeness (QED) is 0.700. The zero-order valence-electron chi connectivity index (χ0n) is 10.5. The third-order valence-electron chi connectivity index (χ3n) is 3.03. The Hall–Kier alpha value is -2.62. The van der Waals surface area contributed by atoms with Crippen molar-refractivity contribution in [3.8, 4) is 0 Å². The lowest BCUT2D eigenvalue weighted by Gasteiger charge is -2.07. The summed E-state index contributed by atoms with van der Waals surface area (Å²) in [6.45, 7) is 1.56. The van der Waals surface area contributed by atoms with E-state index in [0.717, 1.165) is 22.4 Å². The monoisotopic (exact) mass is 251 g/mol. The van der Waals surface area contributed by atoms with Gasteiger partial charge in [0.2, 0.25) is 0 Å². The number of aromatic amines is 1. The van der Waals surface area contributed by atoms with Gasteiger partial charge in [-0.25, -0.2) is 4.98 Å². The molecule has 2 N–H and O–H groups in total. The number of H-pyrrole nitrogens is 1. The number of fused-ring (bicyclic) bond motifs is 1. The fourth-order valence-electron chi connectivity index (χ4n) is 2.01. The SMILES string of the molecule is CC(=O)c1ccc(Nc2ccnc3[nH]ccc23)cc1. The maximum atomic E-state index is 11.2. The third kappa shape index (κ3) is 2.20. The normalized spacial score (nSPS) is 10.6. The van der Waals surface area contributed by atoms with Crippen LogP contribution in [0.4, 0.5) is 11.4 Å². The molecule has 3 aromatic rings. The van der Waals surface area contributed by atoms with Crippen molar-refractivity contribution < 1.29 is 4.79 Å². The molecule has 0 unspecified atom stereocenters. The summed E-state index contributed by atoms with van der Waals surface area (Å²) in [5.41, 5.74) is 3.50. The number of benzene rings is 1. The molecule has 0 radical (unpaired) electrons. The first-order chi connectivity index (χ1) is 9.24. The smallest absolute Gasteiger partial charge is 0.159 e. The van der Waals surface area contributed by atoms with Gasteiger partial charge in [-0.2, -0.15) is 0 Å². The van der Waals surface area contributed by atoms with Gasteiger partial charge in [0.1, 0.15) is 5.65 Å². The minimum atomic E-state index is 0.0727. The molecule has 0 aliphatic carbocycles.